The van der Waals surface area contributed by atoms with Crippen molar-refractivity contribution in [2.24, 2.45) is 5.10 Å². The number of hydrazone groups is 1. The van der Waals surface area contributed by atoms with Crippen molar-refractivity contribution in [1.29, 1.82) is 0 Å². The first-order valence-corrected chi connectivity index (χ1v) is 8.31. The molecule has 7 nitrogen and oxygen atoms in total. The topological polar surface area (TPSA) is 100 Å². The van der Waals surface area contributed by atoms with Gasteiger partial charge < -0.3 is 15.2 Å². The molecule has 0 radical (unpaired) electrons. The summed E-state index contributed by atoms with van der Waals surface area (Å²) in [6.45, 7) is -0.217. The van der Waals surface area contributed by atoms with E-state index in [1.54, 1.807) is 36.4 Å². The summed E-state index contributed by atoms with van der Waals surface area (Å²) >= 11 is 2.05. The third-order valence-corrected chi connectivity index (χ3v) is 4.11. The van der Waals surface area contributed by atoms with E-state index in [-0.39, 0.29) is 18.2 Å². The standard InChI is InChI=1S/C17H16IN3O4/c1-25-14-8-4-5-11(16(14)23)9-20-21-15(22)10-19-17(24)12-6-2-3-7-13(12)18/h2-9,23H,10H2,1H3,(H,19,24)(H,21,22)/b20-9-. The number of nitrogens with one attached hydrogen (secondary N) is 2. The number of halogens is 1. The summed E-state index contributed by atoms with van der Waals surface area (Å²) in [6, 6.07) is 12.0. The van der Waals surface area contributed by atoms with E-state index in [2.05, 4.69) is 38.4 Å². The molecule has 0 aliphatic heterocycles. The van der Waals surface area contributed by atoms with Crippen molar-refractivity contribution in [1.82, 2.24) is 10.7 Å². The highest BCUT2D eigenvalue weighted by molar-refractivity contribution is 14.1. The largest absolute Gasteiger partial charge is 0.504 e. The van der Waals surface area contributed by atoms with Crippen LogP contribution >= 0.6 is 22.6 Å². The number of nitrogens with zero attached hydrogens (tertiary/aromatic N) is 1. The van der Waals surface area contributed by atoms with Crippen molar-refractivity contribution < 1.29 is 19.4 Å². The maximum absolute atomic E-state index is 12.0. The third kappa shape index (κ3) is 5.18. The molecule has 0 fully saturated rings. The van der Waals surface area contributed by atoms with Gasteiger partial charge in [-0.1, -0.05) is 18.2 Å². The van der Waals surface area contributed by atoms with E-state index < -0.39 is 5.91 Å². The third-order valence-electron chi connectivity index (χ3n) is 3.17. The summed E-state index contributed by atoms with van der Waals surface area (Å²) in [5.41, 5.74) is 3.17. The molecule has 2 aromatic rings. The lowest BCUT2D eigenvalue weighted by Crippen LogP contribution is -2.35. The van der Waals surface area contributed by atoms with Gasteiger partial charge in [-0.3, -0.25) is 9.59 Å². The Morgan fingerprint density at radius 2 is 2.00 bits per heavy atom. The Morgan fingerprint density at radius 1 is 1.24 bits per heavy atom. The smallest absolute Gasteiger partial charge is 0.259 e. The molecule has 8 heteroatoms. The second-order valence-electron chi connectivity index (χ2n) is 4.85. The lowest BCUT2D eigenvalue weighted by atomic mass is 10.2. The van der Waals surface area contributed by atoms with Crippen LogP contribution in [0.5, 0.6) is 11.5 Å². The molecule has 2 aromatic carbocycles. The lowest BCUT2D eigenvalue weighted by Gasteiger charge is -2.06. The lowest BCUT2D eigenvalue weighted by molar-refractivity contribution is -0.120. The van der Waals surface area contributed by atoms with Gasteiger partial charge in [-0.25, -0.2) is 5.43 Å². The minimum atomic E-state index is -0.488. The van der Waals surface area contributed by atoms with Crippen LogP contribution in [0, 0.1) is 3.57 Å². The van der Waals surface area contributed by atoms with Crippen molar-refractivity contribution >= 4 is 40.6 Å². The number of phenolic OH excluding ortho intramolecular Hbond substituents is 1. The first kappa shape index (κ1) is 18.7. The van der Waals surface area contributed by atoms with Gasteiger partial charge in [-0.15, -0.1) is 0 Å². The number of benzene rings is 2. The fraction of sp³-hybridized carbons (Fsp3) is 0.118. The number of carbonyl (C=O) groups is 2. The van der Waals surface area contributed by atoms with Gasteiger partial charge in [0.15, 0.2) is 11.5 Å². The Morgan fingerprint density at radius 3 is 2.72 bits per heavy atom. The van der Waals surface area contributed by atoms with Gasteiger partial charge in [-0.05, 0) is 46.9 Å². The molecule has 25 heavy (non-hydrogen) atoms. The molecule has 0 spiro atoms. The molecule has 3 N–H and O–H groups in total. The molecule has 0 aromatic heterocycles. The summed E-state index contributed by atoms with van der Waals surface area (Å²) in [7, 11) is 1.44. The van der Waals surface area contributed by atoms with Crippen LogP contribution in [0.15, 0.2) is 47.6 Å². The summed E-state index contributed by atoms with van der Waals surface area (Å²) < 4.78 is 5.78. The quantitative estimate of drug-likeness (QED) is 0.354. The number of methoxy groups -OCH3 is 1. The van der Waals surface area contributed by atoms with Crippen molar-refractivity contribution in [3.8, 4) is 11.5 Å². The van der Waals surface area contributed by atoms with Crippen LogP contribution < -0.4 is 15.5 Å². The van der Waals surface area contributed by atoms with E-state index >= 15 is 0 Å². The van der Waals surface area contributed by atoms with Gasteiger partial charge in [0.25, 0.3) is 11.8 Å². The Kier molecular flexibility index (Phi) is 6.75. The summed E-state index contributed by atoms with van der Waals surface area (Å²) in [5.74, 6) is -0.595. The number of rotatable bonds is 6. The maximum Gasteiger partial charge on any atom is 0.259 e. The second kappa shape index (κ2) is 9.02. The van der Waals surface area contributed by atoms with Crippen molar-refractivity contribution in [2.45, 2.75) is 0 Å². The van der Waals surface area contributed by atoms with E-state index in [0.717, 1.165) is 3.57 Å². The minimum absolute atomic E-state index is 0.0741. The van der Waals surface area contributed by atoms with Gasteiger partial charge in [0.1, 0.15) is 0 Å². The van der Waals surface area contributed by atoms with Crippen LogP contribution in [-0.4, -0.2) is 36.8 Å². The molecule has 0 saturated heterocycles. The highest BCUT2D eigenvalue weighted by atomic mass is 127. The molecule has 0 saturated carbocycles. The molecular weight excluding hydrogens is 437 g/mol. The van der Waals surface area contributed by atoms with Crippen LogP contribution in [0.1, 0.15) is 15.9 Å². The molecule has 0 aliphatic rings. The molecule has 0 atom stereocenters. The monoisotopic (exact) mass is 453 g/mol. The summed E-state index contributed by atoms with van der Waals surface area (Å²) in [4.78, 5) is 23.7. The molecule has 0 bridgehead atoms. The predicted molar refractivity (Wildman–Crippen MR) is 102 cm³/mol. The average Bonchev–Trinajstić information content (AvgIpc) is 2.61. The molecule has 2 amide bonds. The Bertz CT molecular complexity index is 808. The number of hydrogen-bond donors (Lipinski definition) is 3. The van der Waals surface area contributed by atoms with E-state index in [0.29, 0.717) is 16.9 Å². The maximum atomic E-state index is 12.0. The molecule has 0 aliphatic carbocycles. The fourth-order valence-corrected chi connectivity index (χ4v) is 2.56. The van der Waals surface area contributed by atoms with Gasteiger partial charge in [0.05, 0.1) is 25.4 Å². The highest BCUT2D eigenvalue weighted by Gasteiger charge is 2.10. The zero-order valence-corrected chi connectivity index (χ0v) is 15.5. The zero-order chi connectivity index (χ0) is 18.2. The van der Waals surface area contributed by atoms with Crippen molar-refractivity contribution in [2.75, 3.05) is 13.7 Å². The number of ether oxygens (including phenoxy) is 1. The van der Waals surface area contributed by atoms with E-state index in [4.69, 9.17) is 4.74 Å². The number of hydrogen-bond acceptors (Lipinski definition) is 5. The van der Waals surface area contributed by atoms with Gasteiger partial charge >= 0.3 is 0 Å². The number of para-hydroxylation sites is 1. The number of phenols is 1. The van der Waals surface area contributed by atoms with Crippen LogP contribution in [0.2, 0.25) is 0 Å². The first-order chi connectivity index (χ1) is 12.0. The number of amides is 2. The predicted octanol–water partition coefficient (Wildman–Crippen LogP) is 1.89. The van der Waals surface area contributed by atoms with Crippen LogP contribution in [-0.2, 0) is 4.79 Å². The molecule has 0 unspecified atom stereocenters. The van der Waals surface area contributed by atoms with Crippen LogP contribution in [0.25, 0.3) is 0 Å². The number of aromatic hydroxyl groups is 1. The Labute approximate surface area is 158 Å². The molecular formula is C17H16IN3O4. The number of carbonyl (C=O) groups excluding carboxylic acids is 2. The van der Waals surface area contributed by atoms with Gasteiger partial charge in [0, 0.05) is 9.13 Å². The van der Waals surface area contributed by atoms with Gasteiger partial charge in [0.2, 0.25) is 0 Å². The molecule has 2 rings (SSSR count). The second-order valence-corrected chi connectivity index (χ2v) is 6.02. The summed E-state index contributed by atoms with van der Waals surface area (Å²) in [5, 5.41) is 16.2. The minimum Gasteiger partial charge on any atom is -0.504 e. The first-order valence-electron chi connectivity index (χ1n) is 7.23. The zero-order valence-electron chi connectivity index (χ0n) is 13.3. The highest BCUT2D eigenvalue weighted by Crippen LogP contribution is 2.27. The molecule has 0 heterocycles. The van der Waals surface area contributed by atoms with E-state index in [1.165, 1.54) is 13.3 Å². The normalized spacial score (nSPS) is 10.5. The van der Waals surface area contributed by atoms with Crippen LogP contribution in [0.3, 0.4) is 0 Å². The Hall–Kier alpha value is -2.62. The Balaban J connectivity index is 1.87. The van der Waals surface area contributed by atoms with Crippen molar-refractivity contribution in [3.63, 3.8) is 0 Å². The SMILES string of the molecule is COc1cccc(/C=N\NC(=O)CNC(=O)c2ccccc2I)c1O. The van der Waals surface area contributed by atoms with Crippen LogP contribution in [0.4, 0.5) is 0 Å². The fourth-order valence-electron chi connectivity index (χ4n) is 1.92. The van der Waals surface area contributed by atoms with E-state index in [9.17, 15) is 14.7 Å². The van der Waals surface area contributed by atoms with Crippen molar-refractivity contribution in [3.05, 3.63) is 57.2 Å². The van der Waals surface area contributed by atoms with Gasteiger partial charge in [-0.2, -0.15) is 5.10 Å². The molecule has 130 valence electrons. The average molecular weight is 453 g/mol. The van der Waals surface area contributed by atoms with E-state index in [1.807, 2.05) is 6.07 Å². The summed E-state index contributed by atoms with van der Waals surface area (Å²) in [6.07, 6.45) is 1.29.